The van der Waals surface area contributed by atoms with E-state index in [0.29, 0.717) is 0 Å². The number of likely N-dealkylation sites (tertiary alicyclic amines) is 1. The molecule has 1 aromatic heterocycles. The van der Waals surface area contributed by atoms with Gasteiger partial charge in [-0.25, -0.2) is 0 Å². The quantitative estimate of drug-likeness (QED) is 0.446. The van der Waals surface area contributed by atoms with Gasteiger partial charge in [-0.3, -0.25) is 24.1 Å². The van der Waals surface area contributed by atoms with Crippen molar-refractivity contribution in [2.24, 2.45) is 29.6 Å². The predicted molar refractivity (Wildman–Crippen MR) is 133 cm³/mol. The normalized spacial score (nSPS) is 31.3. The number of amides is 2. The standard InChI is InChI=1S/C25H26N2O8S2/c1-34-12-6-9(7-13(35-2)19(12)30)15-16-10-8-11(20(16)36-22-21(15)37-25(33)26-22)18-17(10)23(31)27(24(18)32)5-3-4-14(28)29/h6-7,10-11,15-18,20,30H,3-5,8H2,1-2H3,(H,26,33)(H,28,29)/t10-,11+,15-,16+,17+,18-,20-/m1/s1. The van der Waals surface area contributed by atoms with Crippen LogP contribution in [0.3, 0.4) is 0 Å². The number of nitrogens with zero attached hydrogens (tertiary/aromatic N) is 1. The molecule has 3 N–H and O–H groups in total. The first-order valence-corrected chi connectivity index (χ1v) is 13.9. The number of imide groups is 1. The first-order valence-electron chi connectivity index (χ1n) is 12.2. The number of carbonyl (C=O) groups is 3. The van der Waals surface area contributed by atoms with E-state index in [1.54, 1.807) is 23.9 Å². The number of benzene rings is 1. The van der Waals surface area contributed by atoms with Crippen molar-refractivity contribution in [2.45, 2.75) is 35.5 Å². The number of aromatic nitrogens is 1. The third-order valence-corrected chi connectivity index (χ3v) is 11.0. The molecule has 2 bridgehead atoms. The Balaban J connectivity index is 1.41. The highest BCUT2D eigenvalue weighted by atomic mass is 32.2. The van der Waals surface area contributed by atoms with E-state index in [2.05, 4.69) is 4.98 Å². The number of aromatic hydroxyl groups is 1. The van der Waals surface area contributed by atoms with Crippen LogP contribution in [-0.2, 0) is 14.4 Å². The molecule has 0 unspecified atom stereocenters. The highest BCUT2D eigenvalue weighted by Crippen LogP contribution is 2.68. The van der Waals surface area contributed by atoms with Crippen LogP contribution in [0.25, 0.3) is 0 Å². The summed E-state index contributed by atoms with van der Waals surface area (Å²) in [5.74, 6) is -2.14. The van der Waals surface area contributed by atoms with Crippen molar-refractivity contribution >= 4 is 40.9 Å². The monoisotopic (exact) mass is 546 g/mol. The number of thiazole rings is 1. The number of ether oxygens (including phenoxy) is 2. The zero-order chi connectivity index (χ0) is 26.2. The molecule has 3 heterocycles. The summed E-state index contributed by atoms with van der Waals surface area (Å²) in [5.41, 5.74) is 0.817. The summed E-state index contributed by atoms with van der Waals surface area (Å²) in [6.45, 7) is 0.120. The number of fused-ring (bicyclic) bond motifs is 9. The number of thioether (sulfide) groups is 1. The molecule has 10 nitrogen and oxygen atoms in total. The third-order valence-electron chi connectivity index (χ3n) is 8.45. The number of H-pyrrole nitrogens is 1. The molecule has 1 saturated heterocycles. The van der Waals surface area contributed by atoms with Crippen molar-refractivity contribution in [1.29, 1.82) is 0 Å². The average Bonchev–Trinajstić information content (AvgIpc) is 3.59. The number of methoxy groups -OCH3 is 2. The van der Waals surface area contributed by atoms with Gasteiger partial charge in [0.15, 0.2) is 11.5 Å². The summed E-state index contributed by atoms with van der Waals surface area (Å²) in [4.78, 5) is 55.2. The number of hydrogen-bond donors (Lipinski definition) is 3. The van der Waals surface area contributed by atoms with Gasteiger partial charge in [-0.15, -0.1) is 11.8 Å². The van der Waals surface area contributed by atoms with E-state index in [0.717, 1.165) is 33.2 Å². The van der Waals surface area contributed by atoms with Gasteiger partial charge in [0.1, 0.15) is 0 Å². The van der Waals surface area contributed by atoms with Crippen LogP contribution >= 0.6 is 23.1 Å². The molecule has 0 radical (unpaired) electrons. The second-order valence-electron chi connectivity index (χ2n) is 10.1. The second-order valence-corrected chi connectivity index (χ2v) is 12.3. The third kappa shape index (κ3) is 3.52. The van der Waals surface area contributed by atoms with Crippen LogP contribution in [0.4, 0.5) is 0 Å². The van der Waals surface area contributed by atoms with Crippen molar-refractivity contribution in [2.75, 3.05) is 20.8 Å². The molecular weight excluding hydrogens is 520 g/mol. The van der Waals surface area contributed by atoms with E-state index >= 15 is 0 Å². The number of carboxylic acids is 1. The van der Waals surface area contributed by atoms with Gasteiger partial charge in [0, 0.05) is 29.0 Å². The minimum absolute atomic E-state index is 0.00938. The summed E-state index contributed by atoms with van der Waals surface area (Å²) < 4.78 is 10.8. The smallest absolute Gasteiger partial charge is 0.305 e. The fourth-order valence-corrected chi connectivity index (χ4v) is 10.0. The van der Waals surface area contributed by atoms with Crippen LogP contribution in [0, 0.1) is 29.6 Å². The second kappa shape index (κ2) is 8.80. The predicted octanol–water partition coefficient (Wildman–Crippen LogP) is 2.50. The molecule has 2 aliphatic heterocycles. The first-order chi connectivity index (χ1) is 17.7. The van der Waals surface area contributed by atoms with Crippen LogP contribution in [0.1, 0.15) is 35.6 Å². The van der Waals surface area contributed by atoms with Crippen molar-refractivity contribution in [1.82, 2.24) is 9.88 Å². The van der Waals surface area contributed by atoms with E-state index in [9.17, 15) is 24.3 Å². The maximum atomic E-state index is 13.5. The highest BCUT2D eigenvalue weighted by molar-refractivity contribution is 8.00. The average molecular weight is 547 g/mol. The molecule has 12 heteroatoms. The van der Waals surface area contributed by atoms with Crippen LogP contribution in [-0.4, -0.2) is 63.9 Å². The highest BCUT2D eigenvalue weighted by Gasteiger charge is 2.69. The summed E-state index contributed by atoms with van der Waals surface area (Å²) in [5, 5.41) is 20.3. The number of phenols is 1. The van der Waals surface area contributed by atoms with E-state index in [4.69, 9.17) is 14.6 Å². The molecular formula is C25H26N2O8S2. The molecule has 196 valence electrons. The Bertz CT molecular complexity index is 1340. The Hall–Kier alpha value is -2.99. The van der Waals surface area contributed by atoms with E-state index < -0.39 is 17.8 Å². The summed E-state index contributed by atoms with van der Waals surface area (Å²) in [6, 6.07) is 3.51. The van der Waals surface area contributed by atoms with Crippen LogP contribution < -0.4 is 14.3 Å². The maximum absolute atomic E-state index is 13.5. The van der Waals surface area contributed by atoms with Gasteiger partial charge in [-0.1, -0.05) is 11.3 Å². The number of aliphatic carboxylic acids is 1. The zero-order valence-corrected chi connectivity index (χ0v) is 21.8. The first kappa shape index (κ1) is 24.4. The lowest BCUT2D eigenvalue weighted by molar-refractivity contribution is -0.142. The molecule has 0 spiro atoms. The van der Waals surface area contributed by atoms with Crippen LogP contribution in [0.15, 0.2) is 22.0 Å². The molecule has 6 rings (SSSR count). The molecule has 2 amide bonds. The molecule has 1 aromatic carbocycles. The molecule has 2 saturated carbocycles. The number of hydrogen-bond acceptors (Lipinski definition) is 9. The molecule has 4 aliphatic rings. The van der Waals surface area contributed by atoms with Gasteiger partial charge in [0.05, 0.1) is 31.1 Å². The lowest BCUT2D eigenvalue weighted by Crippen LogP contribution is -2.42. The van der Waals surface area contributed by atoms with E-state index in [1.807, 2.05) is 0 Å². The number of aromatic amines is 1. The molecule has 2 aromatic rings. The van der Waals surface area contributed by atoms with Crippen molar-refractivity contribution in [3.05, 3.63) is 32.2 Å². The van der Waals surface area contributed by atoms with Gasteiger partial charge in [-0.05, 0) is 48.3 Å². The number of rotatable bonds is 7. The van der Waals surface area contributed by atoms with Gasteiger partial charge in [0.25, 0.3) is 0 Å². The Labute approximate surface area is 220 Å². The SMILES string of the molecule is COc1cc([C@H]2c3sc(=O)[nH]c3S[C@@H]3[C@H]4C[C@@H]([C@@H]5C(=O)N(CCCC(=O)O)C(=O)[C@H]45)[C@@H]23)cc(OC)c1O. The Morgan fingerprint density at radius 1 is 1.11 bits per heavy atom. The number of carboxylic acid groups (broad SMARTS) is 1. The van der Waals surface area contributed by atoms with Gasteiger partial charge in [0.2, 0.25) is 17.6 Å². The largest absolute Gasteiger partial charge is 0.502 e. The maximum Gasteiger partial charge on any atom is 0.305 e. The fourth-order valence-electron chi connectivity index (χ4n) is 7.15. The van der Waals surface area contributed by atoms with Gasteiger partial charge in [-0.2, -0.15) is 0 Å². The fraction of sp³-hybridized carbons (Fsp3) is 0.520. The van der Waals surface area contributed by atoms with Gasteiger partial charge < -0.3 is 24.7 Å². The van der Waals surface area contributed by atoms with Crippen molar-refractivity contribution in [3.63, 3.8) is 0 Å². The van der Waals surface area contributed by atoms with Gasteiger partial charge >= 0.3 is 10.8 Å². The van der Waals surface area contributed by atoms with E-state index in [-0.39, 0.29) is 82.2 Å². The summed E-state index contributed by atoms with van der Waals surface area (Å²) in [6.07, 6.45) is 0.887. The lowest BCUT2D eigenvalue weighted by Gasteiger charge is -2.43. The Kier molecular flexibility index (Phi) is 5.79. The van der Waals surface area contributed by atoms with Crippen LogP contribution in [0.5, 0.6) is 17.2 Å². The lowest BCUT2D eigenvalue weighted by atomic mass is 9.68. The zero-order valence-electron chi connectivity index (χ0n) is 20.1. The minimum atomic E-state index is -0.954. The van der Waals surface area contributed by atoms with Crippen molar-refractivity contribution in [3.8, 4) is 17.2 Å². The number of nitrogens with one attached hydrogen (secondary N) is 1. The summed E-state index contributed by atoms with van der Waals surface area (Å²) >= 11 is 2.74. The topological polar surface area (TPSA) is 146 Å². The number of phenolic OH excluding ortho intramolecular Hbond substituents is 1. The minimum Gasteiger partial charge on any atom is -0.502 e. The molecule has 3 fully saturated rings. The van der Waals surface area contributed by atoms with Crippen LogP contribution in [0.2, 0.25) is 0 Å². The molecule has 7 atom stereocenters. The molecule has 2 aliphatic carbocycles. The summed E-state index contributed by atoms with van der Waals surface area (Å²) in [7, 11) is 2.92. The van der Waals surface area contributed by atoms with E-state index in [1.165, 1.54) is 19.1 Å². The van der Waals surface area contributed by atoms with Crippen molar-refractivity contribution < 1.29 is 34.1 Å². The Morgan fingerprint density at radius 3 is 2.38 bits per heavy atom. The number of carbonyl (C=O) groups excluding carboxylic acids is 2. The Morgan fingerprint density at radius 2 is 1.76 bits per heavy atom. The molecule has 37 heavy (non-hydrogen) atoms.